The number of unbranched alkanes of at least 4 members (excludes halogenated alkanes) is 1. The topological polar surface area (TPSA) is 46.3 Å². The Kier molecular flexibility index (Phi) is 5.09. The average Bonchev–Trinajstić information content (AvgIpc) is 2.72. The Labute approximate surface area is 93.0 Å². The molecule has 0 aromatic rings. The summed E-state index contributed by atoms with van der Waals surface area (Å²) in [6.45, 7) is 2.83. The van der Waals surface area contributed by atoms with E-state index in [1.807, 2.05) is 11.9 Å². The number of nitrogens with zero attached hydrogens (tertiary/aromatic N) is 1. The minimum absolute atomic E-state index is 0.294. The van der Waals surface area contributed by atoms with Crippen molar-refractivity contribution in [3.05, 3.63) is 0 Å². The maximum atomic E-state index is 11.8. The predicted molar refractivity (Wildman–Crippen MR) is 62.5 cm³/mol. The minimum Gasteiger partial charge on any atom is -0.342 e. The zero-order chi connectivity index (χ0) is 11.3. The van der Waals surface area contributed by atoms with Crippen LogP contribution in [0.1, 0.15) is 45.4 Å². The molecule has 0 aromatic carbocycles. The molecular weight excluding hydrogens is 188 g/mol. The van der Waals surface area contributed by atoms with Crippen LogP contribution in [0.5, 0.6) is 0 Å². The van der Waals surface area contributed by atoms with Crippen LogP contribution in [0.4, 0.5) is 0 Å². The highest BCUT2D eigenvalue weighted by molar-refractivity contribution is 5.76. The van der Waals surface area contributed by atoms with Crippen LogP contribution >= 0.6 is 0 Å². The van der Waals surface area contributed by atoms with Crippen molar-refractivity contribution in [3.63, 3.8) is 0 Å². The highest BCUT2D eigenvalue weighted by atomic mass is 16.2. The maximum absolute atomic E-state index is 11.8. The highest BCUT2D eigenvalue weighted by Crippen LogP contribution is 2.28. The van der Waals surface area contributed by atoms with Crippen molar-refractivity contribution in [3.8, 4) is 0 Å². The summed E-state index contributed by atoms with van der Waals surface area (Å²) in [6, 6.07) is 0.402. The Hall–Kier alpha value is -0.570. The SMILES string of the molecule is CCCCC(=O)N(C)C1CCCC1CN. The van der Waals surface area contributed by atoms with Gasteiger partial charge in [-0.15, -0.1) is 0 Å². The number of rotatable bonds is 5. The van der Waals surface area contributed by atoms with Crippen molar-refractivity contribution in [2.24, 2.45) is 11.7 Å². The molecule has 0 bridgehead atoms. The summed E-state index contributed by atoms with van der Waals surface area (Å²) in [7, 11) is 1.94. The smallest absolute Gasteiger partial charge is 0.222 e. The van der Waals surface area contributed by atoms with Crippen LogP contribution in [0.15, 0.2) is 0 Å². The van der Waals surface area contributed by atoms with E-state index < -0.39 is 0 Å². The maximum Gasteiger partial charge on any atom is 0.222 e. The molecule has 0 radical (unpaired) electrons. The van der Waals surface area contributed by atoms with E-state index in [-0.39, 0.29) is 0 Å². The van der Waals surface area contributed by atoms with E-state index in [2.05, 4.69) is 6.92 Å². The summed E-state index contributed by atoms with van der Waals surface area (Å²) in [4.78, 5) is 13.8. The fourth-order valence-electron chi connectivity index (χ4n) is 2.49. The van der Waals surface area contributed by atoms with Gasteiger partial charge in [-0.3, -0.25) is 4.79 Å². The molecule has 1 fully saturated rings. The van der Waals surface area contributed by atoms with Gasteiger partial charge in [-0.2, -0.15) is 0 Å². The lowest BCUT2D eigenvalue weighted by Crippen LogP contribution is -2.41. The van der Waals surface area contributed by atoms with E-state index in [1.54, 1.807) is 0 Å². The van der Waals surface area contributed by atoms with E-state index in [0.717, 1.165) is 25.8 Å². The highest BCUT2D eigenvalue weighted by Gasteiger charge is 2.31. The number of hydrogen-bond acceptors (Lipinski definition) is 2. The van der Waals surface area contributed by atoms with Crippen LogP contribution in [0.2, 0.25) is 0 Å². The molecule has 1 rings (SSSR count). The van der Waals surface area contributed by atoms with E-state index >= 15 is 0 Å². The van der Waals surface area contributed by atoms with Gasteiger partial charge in [-0.25, -0.2) is 0 Å². The predicted octanol–water partition coefficient (Wildman–Crippen LogP) is 1.76. The first-order chi connectivity index (χ1) is 7.20. The van der Waals surface area contributed by atoms with Crippen LogP contribution in [0, 0.1) is 5.92 Å². The summed E-state index contributed by atoms with van der Waals surface area (Å²) in [5, 5.41) is 0. The summed E-state index contributed by atoms with van der Waals surface area (Å²) < 4.78 is 0. The lowest BCUT2D eigenvalue weighted by atomic mass is 10.0. The van der Waals surface area contributed by atoms with Crippen molar-refractivity contribution in [1.82, 2.24) is 4.90 Å². The Morgan fingerprint density at radius 1 is 1.47 bits per heavy atom. The molecule has 1 aliphatic carbocycles. The number of amides is 1. The van der Waals surface area contributed by atoms with Gasteiger partial charge in [0.25, 0.3) is 0 Å². The van der Waals surface area contributed by atoms with Crippen LogP contribution in [0.3, 0.4) is 0 Å². The van der Waals surface area contributed by atoms with Gasteiger partial charge in [0, 0.05) is 19.5 Å². The fourth-order valence-corrected chi connectivity index (χ4v) is 2.49. The molecule has 3 heteroatoms. The zero-order valence-electron chi connectivity index (χ0n) is 10.0. The van der Waals surface area contributed by atoms with Crippen molar-refractivity contribution >= 4 is 5.91 Å². The third-order valence-electron chi connectivity index (χ3n) is 3.56. The molecule has 0 spiro atoms. The van der Waals surface area contributed by atoms with Gasteiger partial charge in [-0.1, -0.05) is 19.8 Å². The second-order valence-corrected chi connectivity index (χ2v) is 4.60. The van der Waals surface area contributed by atoms with Gasteiger partial charge in [0.2, 0.25) is 5.91 Å². The second-order valence-electron chi connectivity index (χ2n) is 4.60. The second kappa shape index (κ2) is 6.11. The molecule has 2 atom stereocenters. The van der Waals surface area contributed by atoms with Gasteiger partial charge < -0.3 is 10.6 Å². The normalized spacial score (nSPS) is 25.5. The largest absolute Gasteiger partial charge is 0.342 e. The molecule has 0 aromatic heterocycles. The van der Waals surface area contributed by atoms with Crippen LogP contribution in [0.25, 0.3) is 0 Å². The molecule has 1 amide bonds. The van der Waals surface area contributed by atoms with Gasteiger partial charge in [0.15, 0.2) is 0 Å². The molecule has 2 unspecified atom stereocenters. The van der Waals surface area contributed by atoms with E-state index in [4.69, 9.17) is 5.73 Å². The van der Waals surface area contributed by atoms with E-state index in [0.29, 0.717) is 24.3 Å². The van der Waals surface area contributed by atoms with Crippen molar-refractivity contribution in [2.45, 2.75) is 51.5 Å². The molecule has 15 heavy (non-hydrogen) atoms. The van der Waals surface area contributed by atoms with Crippen LogP contribution in [-0.2, 0) is 4.79 Å². The Bertz CT molecular complexity index is 206. The van der Waals surface area contributed by atoms with Crippen molar-refractivity contribution < 1.29 is 4.79 Å². The first kappa shape index (κ1) is 12.5. The average molecular weight is 212 g/mol. The van der Waals surface area contributed by atoms with E-state index in [1.165, 1.54) is 12.8 Å². The molecule has 1 aliphatic rings. The quantitative estimate of drug-likeness (QED) is 0.755. The van der Waals surface area contributed by atoms with Crippen LogP contribution < -0.4 is 5.73 Å². The molecule has 3 nitrogen and oxygen atoms in total. The minimum atomic E-state index is 0.294. The van der Waals surface area contributed by atoms with Gasteiger partial charge >= 0.3 is 0 Å². The molecule has 1 saturated carbocycles. The number of hydrogen-bond donors (Lipinski definition) is 1. The van der Waals surface area contributed by atoms with Crippen molar-refractivity contribution in [1.29, 1.82) is 0 Å². The number of carbonyl (C=O) groups is 1. The molecule has 2 N–H and O–H groups in total. The Morgan fingerprint density at radius 2 is 2.20 bits per heavy atom. The molecule has 0 heterocycles. The zero-order valence-corrected chi connectivity index (χ0v) is 10.0. The Balaban J connectivity index is 2.44. The first-order valence-corrected chi connectivity index (χ1v) is 6.16. The van der Waals surface area contributed by atoms with E-state index in [9.17, 15) is 4.79 Å². The lowest BCUT2D eigenvalue weighted by molar-refractivity contribution is -0.132. The lowest BCUT2D eigenvalue weighted by Gasteiger charge is -2.29. The molecule has 0 aliphatic heterocycles. The summed E-state index contributed by atoms with van der Waals surface area (Å²) in [5.74, 6) is 0.822. The fraction of sp³-hybridized carbons (Fsp3) is 0.917. The number of carbonyl (C=O) groups excluding carboxylic acids is 1. The monoisotopic (exact) mass is 212 g/mol. The third kappa shape index (κ3) is 3.20. The van der Waals surface area contributed by atoms with Crippen LogP contribution in [-0.4, -0.2) is 30.4 Å². The van der Waals surface area contributed by atoms with Gasteiger partial charge in [0.1, 0.15) is 0 Å². The third-order valence-corrected chi connectivity index (χ3v) is 3.56. The molecule has 88 valence electrons. The van der Waals surface area contributed by atoms with Gasteiger partial charge in [0.05, 0.1) is 0 Å². The van der Waals surface area contributed by atoms with Crippen molar-refractivity contribution in [2.75, 3.05) is 13.6 Å². The molecule has 0 saturated heterocycles. The summed E-state index contributed by atoms with van der Waals surface area (Å²) in [6.07, 6.45) is 6.33. The van der Waals surface area contributed by atoms with Gasteiger partial charge in [-0.05, 0) is 31.7 Å². The Morgan fingerprint density at radius 3 is 2.80 bits per heavy atom. The first-order valence-electron chi connectivity index (χ1n) is 6.16. The molecular formula is C12H24N2O. The standard InChI is InChI=1S/C12H24N2O/c1-3-4-8-12(15)14(2)11-7-5-6-10(11)9-13/h10-11H,3-9,13H2,1-2H3. The number of nitrogens with two attached hydrogens (primary N) is 1. The summed E-state index contributed by atoms with van der Waals surface area (Å²) in [5.41, 5.74) is 5.72. The summed E-state index contributed by atoms with van der Waals surface area (Å²) >= 11 is 0.